The van der Waals surface area contributed by atoms with E-state index in [0.717, 1.165) is 32.7 Å². The molecule has 0 aliphatic carbocycles. The number of nitrogens with zero attached hydrogens (tertiary/aromatic N) is 2. The smallest absolute Gasteiger partial charge is 0.0659 e. The van der Waals surface area contributed by atoms with Gasteiger partial charge in [-0.25, -0.2) is 0 Å². The van der Waals surface area contributed by atoms with Crippen molar-refractivity contribution in [1.82, 2.24) is 15.1 Å². The lowest BCUT2D eigenvalue weighted by Gasteiger charge is -2.23. The van der Waals surface area contributed by atoms with Gasteiger partial charge >= 0.3 is 0 Å². The molecule has 0 saturated carbocycles. The molecule has 4 nitrogen and oxygen atoms in total. The third-order valence-corrected chi connectivity index (χ3v) is 4.93. The first-order valence-electron chi connectivity index (χ1n) is 9.34. The second-order valence-electron chi connectivity index (χ2n) is 6.85. The van der Waals surface area contributed by atoms with E-state index in [1.54, 1.807) is 0 Å². The predicted octanol–water partition coefficient (Wildman–Crippen LogP) is 3.87. The van der Waals surface area contributed by atoms with Crippen LogP contribution in [0.15, 0.2) is 67.0 Å². The maximum Gasteiger partial charge on any atom is 0.0659 e. The quantitative estimate of drug-likeness (QED) is 0.736. The first-order valence-corrected chi connectivity index (χ1v) is 9.34. The number of rotatable bonds is 6. The molecular weight excluding hydrogens is 322 g/mol. The molecule has 4 heteroatoms. The predicted molar refractivity (Wildman–Crippen MR) is 104 cm³/mol. The highest BCUT2D eigenvalue weighted by Gasteiger charge is 2.14. The van der Waals surface area contributed by atoms with E-state index >= 15 is 0 Å². The van der Waals surface area contributed by atoms with Crippen LogP contribution in [0, 0.1) is 0 Å². The fraction of sp³-hybridized carbons (Fsp3) is 0.318. The molecule has 2 heterocycles. The summed E-state index contributed by atoms with van der Waals surface area (Å²) in [6, 6.07) is 19.9. The van der Waals surface area contributed by atoms with Crippen molar-refractivity contribution in [2.45, 2.75) is 32.0 Å². The monoisotopic (exact) mass is 347 g/mol. The van der Waals surface area contributed by atoms with Gasteiger partial charge in [0.25, 0.3) is 0 Å². The van der Waals surface area contributed by atoms with Crippen LogP contribution in [0.1, 0.15) is 24.0 Å². The molecule has 0 radical (unpaired) electrons. The van der Waals surface area contributed by atoms with Crippen LogP contribution in [0.5, 0.6) is 0 Å². The Morgan fingerprint density at radius 3 is 2.73 bits per heavy atom. The Labute approximate surface area is 154 Å². The molecule has 3 aromatic rings. The van der Waals surface area contributed by atoms with E-state index in [4.69, 9.17) is 4.74 Å². The molecule has 2 aromatic carbocycles. The molecular formula is C22H25N3O. The van der Waals surface area contributed by atoms with Crippen LogP contribution in [-0.2, 0) is 17.8 Å². The summed E-state index contributed by atoms with van der Waals surface area (Å²) in [6.45, 7) is 3.40. The van der Waals surface area contributed by atoms with E-state index in [2.05, 4.69) is 58.9 Å². The topological polar surface area (TPSA) is 39.1 Å². The minimum atomic E-state index is 0.466. The lowest BCUT2D eigenvalue weighted by molar-refractivity contribution is 0.0699. The Kier molecular flexibility index (Phi) is 5.43. The minimum Gasteiger partial charge on any atom is -0.380 e. The summed E-state index contributed by atoms with van der Waals surface area (Å²) < 4.78 is 7.52. The summed E-state index contributed by atoms with van der Waals surface area (Å²) in [5.74, 6) is 0. The largest absolute Gasteiger partial charge is 0.380 e. The molecule has 1 aliphatic rings. The summed E-state index contributed by atoms with van der Waals surface area (Å²) in [5.41, 5.74) is 5.14. The van der Waals surface area contributed by atoms with E-state index in [9.17, 15) is 0 Å². The molecule has 134 valence electrons. The van der Waals surface area contributed by atoms with Crippen molar-refractivity contribution in [1.29, 1.82) is 0 Å². The van der Waals surface area contributed by atoms with Crippen LogP contribution in [-0.4, -0.2) is 29.0 Å². The van der Waals surface area contributed by atoms with Crippen molar-refractivity contribution in [2.24, 2.45) is 0 Å². The molecule has 26 heavy (non-hydrogen) atoms. The van der Waals surface area contributed by atoms with Gasteiger partial charge in [-0.2, -0.15) is 5.10 Å². The summed E-state index contributed by atoms with van der Waals surface area (Å²) in [7, 11) is 0. The van der Waals surface area contributed by atoms with Gasteiger partial charge in [-0.05, 0) is 41.2 Å². The van der Waals surface area contributed by atoms with E-state index in [0.29, 0.717) is 6.04 Å². The van der Waals surface area contributed by atoms with Gasteiger partial charge in [-0.1, -0.05) is 48.5 Å². The van der Waals surface area contributed by atoms with Gasteiger partial charge in [-0.15, -0.1) is 0 Å². The molecule has 0 spiro atoms. The summed E-state index contributed by atoms with van der Waals surface area (Å²) in [4.78, 5) is 0. The maximum atomic E-state index is 5.57. The van der Waals surface area contributed by atoms with E-state index in [1.165, 1.54) is 28.7 Å². The molecule has 1 saturated heterocycles. The second kappa shape index (κ2) is 8.30. The van der Waals surface area contributed by atoms with Crippen LogP contribution < -0.4 is 5.32 Å². The lowest BCUT2D eigenvalue weighted by Crippen LogP contribution is -2.36. The number of hydrogen-bond donors (Lipinski definition) is 1. The van der Waals surface area contributed by atoms with Gasteiger partial charge in [-0.3, -0.25) is 4.68 Å². The Morgan fingerprint density at radius 2 is 1.96 bits per heavy atom. The number of benzene rings is 2. The standard InChI is InChI=1S/C22H25N3O/c1-2-7-22(20(5-1)15-23-21-6-3-14-26-17-21)19-10-8-18(9-11-19)16-25-13-4-12-24-25/h1-2,4-5,7-13,21,23H,3,6,14-17H2. The number of hydrogen-bond acceptors (Lipinski definition) is 3. The third-order valence-electron chi connectivity index (χ3n) is 4.93. The minimum absolute atomic E-state index is 0.466. The maximum absolute atomic E-state index is 5.57. The highest BCUT2D eigenvalue weighted by Crippen LogP contribution is 2.24. The van der Waals surface area contributed by atoms with Crippen LogP contribution in [0.4, 0.5) is 0 Å². The van der Waals surface area contributed by atoms with Crippen molar-refractivity contribution in [2.75, 3.05) is 13.2 Å². The normalized spacial score (nSPS) is 17.3. The average molecular weight is 347 g/mol. The van der Waals surface area contributed by atoms with Crippen molar-refractivity contribution in [3.63, 3.8) is 0 Å². The molecule has 4 rings (SSSR count). The van der Waals surface area contributed by atoms with Crippen molar-refractivity contribution in [3.8, 4) is 11.1 Å². The number of ether oxygens (including phenoxy) is 1. The zero-order valence-electron chi connectivity index (χ0n) is 15.0. The van der Waals surface area contributed by atoms with Crippen molar-refractivity contribution < 1.29 is 4.74 Å². The van der Waals surface area contributed by atoms with Crippen molar-refractivity contribution in [3.05, 3.63) is 78.1 Å². The van der Waals surface area contributed by atoms with Gasteiger partial charge in [0.05, 0.1) is 13.2 Å². The second-order valence-corrected chi connectivity index (χ2v) is 6.85. The Balaban J connectivity index is 1.46. The molecule has 1 unspecified atom stereocenters. The molecule has 1 aromatic heterocycles. The van der Waals surface area contributed by atoms with Crippen LogP contribution >= 0.6 is 0 Å². The van der Waals surface area contributed by atoms with E-state index in [-0.39, 0.29) is 0 Å². The molecule has 1 fully saturated rings. The number of aromatic nitrogens is 2. The molecule has 0 amide bonds. The van der Waals surface area contributed by atoms with Gasteiger partial charge < -0.3 is 10.1 Å². The zero-order chi connectivity index (χ0) is 17.6. The van der Waals surface area contributed by atoms with Gasteiger partial charge in [0.2, 0.25) is 0 Å². The van der Waals surface area contributed by atoms with Gasteiger partial charge in [0.15, 0.2) is 0 Å². The van der Waals surface area contributed by atoms with Crippen LogP contribution in [0.2, 0.25) is 0 Å². The molecule has 1 aliphatic heterocycles. The fourth-order valence-corrected chi connectivity index (χ4v) is 3.48. The highest BCUT2D eigenvalue weighted by atomic mass is 16.5. The number of nitrogens with one attached hydrogen (secondary N) is 1. The van der Waals surface area contributed by atoms with E-state index < -0.39 is 0 Å². The first-order chi connectivity index (χ1) is 12.9. The first kappa shape index (κ1) is 17.0. The molecule has 1 N–H and O–H groups in total. The van der Waals surface area contributed by atoms with Gasteiger partial charge in [0.1, 0.15) is 0 Å². The van der Waals surface area contributed by atoms with Crippen LogP contribution in [0.25, 0.3) is 11.1 Å². The lowest BCUT2D eigenvalue weighted by atomic mass is 9.98. The Morgan fingerprint density at radius 1 is 1.08 bits per heavy atom. The fourth-order valence-electron chi connectivity index (χ4n) is 3.48. The highest BCUT2D eigenvalue weighted by molar-refractivity contribution is 5.67. The van der Waals surface area contributed by atoms with Crippen molar-refractivity contribution >= 4 is 0 Å². The SMILES string of the molecule is c1ccc(-c2ccc(Cn3cccn3)cc2)c(CNC2CCCOC2)c1. The summed E-state index contributed by atoms with van der Waals surface area (Å²) in [5, 5.41) is 7.93. The average Bonchev–Trinajstić information content (AvgIpc) is 3.21. The Hall–Kier alpha value is -2.43. The Bertz CT molecular complexity index is 806. The zero-order valence-corrected chi connectivity index (χ0v) is 15.0. The molecule has 1 atom stereocenters. The summed E-state index contributed by atoms with van der Waals surface area (Å²) >= 11 is 0. The molecule has 0 bridgehead atoms. The summed E-state index contributed by atoms with van der Waals surface area (Å²) in [6.07, 6.45) is 6.15. The third kappa shape index (κ3) is 4.21. The van der Waals surface area contributed by atoms with Crippen LogP contribution in [0.3, 0.4) is 0 Å². The van der Waals surface area contributed by atoms with Gasteiger partial charge in [0, 0.05) is 31.6 Å². The van der Waals surface area contributed by atoms with E-state index in [1.807, 2.05) is 23.1 Å².